The first-order chi connectivity index (χ1) is 14.6. The van der Waals surface area contributed by atoms with Gasteiger partial charge in [-0.05, 0) is 63.5 Å². The van der Waals surface area contributed by atoms with Crippen molar-refractivity contribution in [3.05, 3.63) is 29.8 Å². The van der Waals surface area contributed by atoms with Crippen LogP contribution in [0.25, 0.3) is 0 Å². The van der Waals surface area contributed by atoms with Crippen LogP contribution in [0.3, 0.4) is 0 Å². The summed E-state index contributed by atoms with van der Waals surface area (Å²) in [5, 5.41) is 0. The Morgan fingerprint density at radius 2 is 1.83 bits per heavy atom. The zero-order valence-corrected chi connectivity index (χ0v) is 18.1. The second kappa shape index (κ2) is 7.88. The van der Waals surface area contributed by atoms with Crippen LogP contribution in [0, 0.1) is 5.92 Å². The van der Waals surface area contributed by atoms with E-state index in [1.807, 2.05) is 30.9 Å². The number of likely N-dealkylation sites (tertiary alicyclic amines) is 1. The van der Waals surface area contributed by atoms with Crippen molar-refractivity contribution in [2.75, 3.05) is 31.1 Å². The van der Waals surface area contributed by atoms with Crippen molar-refractivity contribution in [1.29, 1.82) is 0 Å². The topological polar surface area (TPSA) is 53.1 Å². The highest BCUT2D eigenvalue weighted by atomic mass is 16.6. The summed E-state index contributed by atoms with van der Waals surface area (Å²) in [6.45, 7) is 7.45. The minimum atomic E-state index is -0.120. The summed E-state index contributed by atoms with van der Waals surface area (Å²) in [4.78, 5) is 31.9. The van der Waals surface area contributed by atoms with E-state index >= 15 is 0 Å². The zero-order chi connectivity index (χ0) is 20.8. The highest BCUT2D eigenvalue weighted by Crippen LogP contribution is 2.41. The molecule has 4 aliphatic rings. The van der Waals surface area contributed by atoms with Crippen LogP contribution in [-0.4, -0.2) is 66.2 Å². The largest absolute Gasteiger partial charge is 0.450 e. The van der Waals surface area contributed by atoms with Gasteiger partial charge in [0.1, 0.15) is 0 Å². The Hall–Kier alpha value is -2.08. The van der Waals surface area contributed by atoms with Gasteiger partial charge in [0.15, 0.2) is 0 Å². The van der Waals surface area contributed by atoms with Crippen molar-refractivity contribution >= 4 is 17.7 Å². The van der Waals surface area contributed by atoms with E-state index in [-0.39, 0.29) is 24.0 Å². The van der Waals surface area contributed by atoms with Crippen LogP contribution in [0.15, 0.2) is 24.3 Å². The van der Waals surface area contributed by atoms with E-state index in [2.05, 4.69) is 21.9 Å². The molecule has 4 heterocycles. The maximum absolute atomic E-state index is 13.0. The summed E-state index contributed by atoms with van der Waals surface area (Å²) in [5.74, 6) is 0.856. The second-order valence-corrected chi connectivity index (χ2v) is 9.52. The molecule has 1 unspecified atom stereocenters. The summed E-state index contributed by atoms with van der Waals surface area (Å²) in [6, 6.07) is 9.24. The third-order valence-corrected chi connectivity index (χ3v) is 7.71. The quantitative estimate of drug-likeness (QED) is 0.760. The number of carbonyl (C=O) groups excluding carboxylic acids is 2. The molecular weight excluding hydrogens is 378 g/mol. The average Bonchev–Trinajstić information content (AvgIpc) is 3.37. The minimum Gasteiger partial charge on any atom is -0.450 e. The van der Waals surface area contributed by atoms with Gasteiger partial charge >= 0.3 is 6.09 Å². The lowest BCUT2D eigenvalue weighted by molar-refractivity contribution is -0.119. The lowest BCUT2D eigenvalue weighted by Gasteiger charge is -2.39. The van der Waals surface area contributed by atoms with Crippen LogP contribution in [0.1, 0.15) is 57.4 Å². The van der Waals surface area contributed by atoms with Crippen LogP contribution in [0.4, 0.5) is 10.5 Å². The summed E-state index contributed by atoms with van der Waals surface area (Å²) in [7, 11) is 0. The summed E-state index contributed by atoms with van der Waals surface area (Å²) in [5.41, 5.74) is 2.28. The molecule has 0 aromatic heterocycles. The van der Waals surface area contributed by atoms with Gasteiger partial charge in [0.25, 0.3) is 0 Å². The van der Waals surface area contributed by atoms with Crippen molar-refractivity contribution in [1.82, 2.24) is 9.80 Å². The van der Waals surface area contributed by atoms with Crippen molar-refractivity contribution in [3.8, 4) is 0 Å². The van der Waals surface area contributed by atoms with E-state index in [4.69, 9.17) is 4.74 Å². The normalized spacial score (nSPS) is 33.3. The van der Waals surface area contributed by atoms with E-state index in [1.165, 1.54) is 5.56 Å². The maximum Gasteiger partial charge on any atom is 0.410 e. The molecule has 4 atom stereocenters. The highest BCUT2D eigenvalue weighted by molar-refractivity contribution is 6.05. The predicted molar refractivity (Wildman–Crippen MR) is 116 cm³/mol. The zero-order valence-electron chi connectivity index (χ0n) is 18.1. The van der Waals surface area contributed by atoms with Crippen molar-refractivity contribution in [2.24, 2.45) is 5.92 Å². The molecular formula is C24H33N3O3. The SMILES string of the molecule is CCOC(=O)N1[C@H]2CC[C@H]1CC(CN1CC[C@@H](N3C(=O)C(C)c4ccccc43)C1)C2. The molecule has 3 saturated heterocycles. The molecule has 1 aromatic rings. The predicted octanol–water partition coefficient (Wildman–Crippen LogP) is 3.61. The van der Waals surface area contributed by atoms with Gasteiger partial charge in [-0.2, -0.15) is 0 Å². The lowest BCUT2D eigenvalue weighted by atomic mass is 9.90. The monoisotopic (exact) mass is 411 g/mol. The summed E-state index contributed by atoms with van der Waals surface area (Å²) in [6.07, 6.45) is 5.31. The fraction of sp³-hybridized carbons (Fsp3) is 0.667. The Kier molecular flexibility index (Phi) is 5.21. The fourth-order valence-corrected chi connectivity index (χ4v) is 6.40. The van der Waals surface area contributed by atoms with Gasteiger partial charge in [0, 0.05) is 37.4 Å². The van der Waals surface area contributed by atoms with Gasteiger partial charge in [-0.25, -0.2) is 4.79 Å². The highest BCUT2D eigenvalue weighted by Gasteiger charge is 2.45. The van der Waals surface area contributed by atoms with Gasteiger partial charge in [-0.1, -0.05) is 18.2 Å². The number of hydrogen-bond acceptors (Lipinski definition) is 4. The smallest absolute Gasteiger partial charge is 0.410 e. The molecule has 0 spiro atoms. The van der Waals surface area contributed by atoms with Crippen molar-refractivity contribution < 1.29 is 14.3 Å². The Morgan fingerprint density at radius 3 is 2.57 bits per heavy atom. The van der Waals surface area contributed by atoms with Crippen LogP contribution >= 0.6 is 0 Å². The summed E-state index contributed by atoms with van der Waals surface area (Å²) >= 11 is 0. The van der Waals surface area contributed by atoms with E-state index in [0.717, 1.165) is 57.4 Å². The molecule has 1 aromatic carbocycles. The lowest BCUT2D eigenvalue weighted by Crippen LogP contribution is -2.48. The fourth-order valence-electron chi connectivity index (χ4n) is 6.40. The number of nitrogens with zero attached hydrogens (tertiary/aromatic N) is 3. The number of rotatable bonds is 4. The van der Waals surface area contributed by atoms with Gasteiger partial charge in [-0.3, -0.25) is 4.79 Å². The first-order valence-corrected chi connectivity index (χ1v) is 11.7. The number of anilines is 1. The standard InChI is InChI=1S/C24H33N3O3/c1-3-30-24(29)26-18-8-9-19(26)13-17(12-18)14-25-11-10-20(15-25)27-22-7-5-4-6-21(22)16(2)23(27)28/h4-7,16-20H,3,8-15H2,1-2H3/t16?,18-,19-,20+/m0/s1. The van der Waals surface area contributed by atoms with Crippen LogP contribution in [-0.2, 0) is 9.53 Å². The van der Waals surface area contributed by atoms with Crippen molar-refractivity contribution in [3.63, 3.8) is 0 Å². The Balaban J connectivity index is 1.20. The number of carbonyl (C=O) groups is 2. The number of amides is 2. The Labute approximate surface area is 179 Å². The Morgan fingerprint density at radius 1 is 1.10 bits per heavy atom. The maximum atomic E-state index is 13.0. The molecule has 30 heavy (non-hydrogen) atoms. The first kappa shape index (κ1) is 19.9. The second-order valence-electron chi connectivity index (χ2n) is 9.52. The molecule has 6 nitrogen and oxygen atoms in total. The minimum absolute atomic E-state index is 0.0296. The van der Waals surface area contributed by atoms with E-state index in [0.29, 0.717) is 24.6 Å². The molecule has 0 radical (unpaired) electrons. The number of para-hydroxylation sites is 1. The number of hydrogen-bond donors (Lipinski definition) is 0. The van der Waals surface area contributed by atoms with Gasteiger partial charge in [0.05, 0.1) is 18.6 Å². The van der Waals surface area contributed by atoms with E-state index < -0.39 is 0 Å². The van der Waals surface area contributed by atoms with Gasteiger partial charge in [-0.15, -0.1) is 0 Å². The number of ether oxygens (including phenoxy) is 1. The molecule has 5 rings (SSSR count). The number of benzene rings is 1. The molecule has 2 amide bonds. The number of piperidine rings is 1. The molecule has 2 bridgehead atoms. The Bertz CT molecular complexity index is 814. The third-order valence-electron chi connectivity index (χ3n) is 7.71. The van der Waals surface area contributed by atoms with Gasteiger partial charge < -0.3 is 19.4 Å². The van der Waals surface area contributed by atoms with E-state index in [1.54, 1.807) is 0 Å². The van der Waals surface area contributed by atoms with Crippen LogP contribution in [0.2, 0.25) is 0 Å². The molecule has 0 aliphatic carbocycles. The van der Waals surface area contributed by atoms with Crippen molar-refractivity contribution in [2.45, 2.75) is 70.0 Å². The molecule has 4 aliphatic heterocycles. The van der Waals surface area contributed by atoms with E-state index in [9.17, 15) is 9.59 Å². The molecule has 162 valence electrons. The number of fused-ring (bicyclic) bond motifs is 3. The average molecular weight is 412 g/mol. The van der Waals surface area contributed by atoms with Crippen LogP contribution in [0.5, 0.6) is 0 Å². The van der Waals surface area contributed by atoms with Crippen LogP contribution < -0.4 is 4.90 Å². The molecule has 3 fully saturated rings. The summed E-state index contributed by atoms with van der Waals surface area (Å²) < 4.78 is 5.29. The molecule has 0 saturated carbocycles. The van der Waals surface area contributed by atoms with Gasteiger partial charge in [0.2, 0.25) is 5.91 Å². The molecule has 0 N–H and O–H groups in total. The molecule has 6 heteroatoms. The first-order valence-electron chi connectivity index (χ1n) is 11.7. The third kappa shape index (κ3) is 3.29.